The van der Waals surface area contributed by atoms with Gasteiger partial charge < -0.3 is 9.47 Å². The third-order valence-electron chi connectivity index (χ3n) is 4.71. The summed E-state index contributed by atoms with van der Waals surface area (Å²) in [6.07, 6.45) is 7.23. The largest absolute Gasteiger partial charge is 0.493 e. The lowest BCUT2D eigenvalue weighted by Gasteiger charge is -2.23. The number of benzene rings is 2. The zero-order valence-corrected chi connectivity index (χ0v) is 14.2. The van der Waals surface area contributed by atoms with E-state index < -0.39 is 0 Å². The van der Waals surface area contributed by atoms with Crippen LogP contribution in [0, 0.1) is 5.92 Å². The van der Waals surface area contributed by atoms with Gasteiger partial charge in [-0.3, -0.25) is 4.79 Å². The van der Waals surface area contributed by atoms with Crippen LogP contribution in [0.5, 0.6) is 11.5 Å². The number of hydrogen-bond acceptors (Lipinski definition) is 3. The second-order valence-electron chi connectivity index (χ2n) is 6.40. The Morgan fingerprint density at radius 3 is 2.50 bits per heavy atom. The summed E-state index contributed by atoms with van der Waals surface area (Å²) in [5.74, 6) is 1.96. The van der Waals surface area contributed by atoms with Gasteiger partial charge in [0.15, 0.2) is 11.5 Å². The van der Waals surface area contributed by atoms with Gasteiger partial charge in [-0.2, -0.15) is 0 Å². The highest BCUT2D eigenvalue weighted by molar-refractivity contribution is 5.84. The van der Waals surface area contributed by atoms with E-state index in [1.165, 1.54) is 32.1 Å². The Morgan fingerprint density at radius 1 is 1.08 bits per heavy atom. The first kappa shape index (κ1) is 16.6. The van der Waals surface area contributed by atoms with Gasteiger partial charge in [0.2, 0.25) is 0 Å². The highest BCUT2D eigenvalue weighted by atomic mass is 16.5. The summed E-state index contributed by atoms with van der Waals surface area (Å²) in [5, 5.41) is 0. The molecule has 0 aliphatic heterocycles. The molecule has 2 aromatic rings. The van der Waals surface area contributed by atoms with E-state index in [-0.39, 0.29) is 0 Å². The smallest absolute Gasteiger partial charge is 0.169 e. The molecule has 0 amide bonds. The molecule has 2 aromatic carbocycles. The van der Waals surface area contributed by atoms with E-state index in [0.717, 1.165) is 23.2 Å². The fraction of sp³-hybridized carbons (Fsp3) is 0.381. The van der Waals surface area contributed by atoms with Crippen LogP contribution in [0.3, 0.4) is 0 Å². The van der Waals surface area contributed by atoms with E-state index in [2.05, 4.69) is 0 Å². The molecule has 0 radical (unpaired) electrons. The van der Waals surface area contributed by atoms with Gasteiger partial charge in [-0.25, -0.2) is 0 Å². The summed E-state index contributed by atoms with van der Waals surface area (Å²) in [7, 11) is 1.62. The molecule has 0 N–H and O–H groups in total. The number of carbonyl (C=O) groups excluding carboxylic acids is 1. The highest BCUT2D eigenvalue weighted by Crippen LogP contribution is 2.40. The molecule has 0 atom stereocenters. The standard InChI is InChI=1S/C21H24O3/c1-23-20-13-17(14-22)12-19(18-10-6-3-7-11-18)21(20)24-15-16-8-4-2-5-9-16/h3,6-7,10-14,16H,2,4-5,8-9,15H2,1H3. The van der Waals surface area contributed by atoms with Gasteiger partial charge in [-0.05, 0) is 36.5 Å². The van der Waals surface area contributed by atoms with Crippen LogP contribution in [0.15, 0.2) is 42.5 Å². The summed E-state index contributed by atoms with van der Waals surface area (Å²) in [6, 6.07) is 13.6. The summed E-state index contributed by atoms with van der Waals surface area (Å²) in [6.45, 7) is 0.705. The van der Waals surface area contributed by atoms with E-state index in [0.29, 0.717) is 23.8 Å². The van der Waals surface area contributed by atoms with Crippen LogP contribution in [0.2, 0.25) is 0 Å². The van der Waals surface area contributed by atoms with Crippen molar-refractivity contribution in [3.8, 4) is 22.6 Å². The second kappa shape index (κ2) is 8.00. The van der Waals surface area contributed by atoms with Crippen molar-refractivity contribution >= 4 is 6.29 Å². The Hall–Kier alpha value is -2.29. The third-order valence-corrected chi connectivity index (χ3v) is 4.71. The number of aldehydes is 1. The molecule has 0 saturated heterocycles. The number of rotatable bonds is 6. The normalized spacial score (nSPS) is 15.0. The molecule has 3 nitrogen and oxygen atoms in total. The molecule has 24 heavy (non-hydrogen) atoms. The van der Waals surface area contributed by atoms with Crippen molar-refractivity contribution in [2.75, 3.05) is 13.7 Å². The average Bonchev–Trinajstić information content (AvgIpc) is 2.67. The van der Waals surface area contributed by atoms with Crippen LogP contribution < -0.4 is 9.47 Å². The molecule has 1 aliphatic rings. The molecule has 126 valence electrons. The van der Waals surface area contributed by atoms with E-state index >= 15 is 0 Å². The Bertz CT molecular complexity index is 673. The number of methoxy groups -OCH3 is 1. The van der Waals surface area contributed by atoms with Crippen molar-refractivity contribution in [3.05, 3.63) is 48.0 Å². The lowest BCUT2D eigenvalue weighted by atomic mass is 9.90. The molecule has 1 saturated carbocycles. The minimum absolute atomic E-state index is 0.593. The van der Waals surface area contributed by atoms with Crippen molar-refractivity contribution in [1.82, 2.24) is 0 Å². The lowest BCUT2D eigenvalue weighted by Crippen LogP contribution is -2.16. The maximum atomic E-state index is 11.3. The minimum atomic E-state index is 0.593. The van der Waals surface area contributed by atoms with Crippen LogP contribution >= 0.6 is 0 Å². The summed E-state index contributed by atoms with van der Waals surface area (Å²) >= 11 is 0. The molecular formula is C21H24O3. The van der Waals surface area contributed by atoms with E-state index in [4.69, 9.17) is 9.47 Å². The molecular weight excluding hydrogens is 300 g/mol. The predicted octanol–water partition coefficient (Wildman–Crippen LogP) is 5.13. The van der Waals surface area contributed by atoms with E-state index in [1.54, 1.807) is 13.2 Å². The van der Waals surface area contributed by atoms with Crippen LogP contribution in [0.25, 0.3) is 11.1 Å². The topological polar surface area (TPSA) is 35.5 Å². The van der Waals surface area contributed by atoms with E-state index in [9.17, 15) is 4.79 Å². The molecule has 0 spiro atoms. The maximum Gasteiger partial charge on any atom is 0.169 e. The molecule has 1 fully saturated rings. The van der Waals surface area contributed by atoms with Gasteiger partial charge in [0.05, 0.1) is 13.7 Å². The van der Waals surface area contributed by atoms with Crippen LogP contribution in [-0.2, 0) is 0 Å². The average molecular weight is 324 g/mol. The van der Waals surface area contributed by atoms with Crippen molar-refractivity contribution in [1.29, 1.82) is 0 Å². The Labute approximate surface area is 143 Å². The molecule has 3 rings (SSSR count). The first-order chi connectivity index (χ1) is 11.8. The number of hydrogen-bond donors (Lipinski definition) is 0. The van der Waals surface area contributed by atoms with Crippen molar-refractivity contribution < 1.29 is 14.3 Å². The van der Waals surface area contributed by atoms with Gasteiger partial charge in [0.1, 0.15) is 6.29 Å². The van der Waals surface area contributed by atoms with Crippen molar-refractivity contribution in [2.45, 2.75) is 32.1 Å². The fourth-order valence-corrected chi connectivity index (χ4v) is 3.38. The fourth-order valence-electron chi connectivity index (χ4n) is 3.38. The zero-order valence-electron chi connectivity index (χ0n) is 14.2. The quantitative estimate of drug-likeness (QED) is 0.691. The van der Waals surface area contributed by atoms with Gasteiger partial charge >= 0.3 is 0 Å². The van der Waals surface area contributed by atoms with Gasteiger partial charge in [-0.15, -0.1) is 0 Å². The summed E-state index contributed by atoms with van der Waals surface area (Å²) in [5.41, 5.74) is 2.53. The summed E-state index contributed by atoms with van der Waals surface area (Å²) in [4.78, 5) is 11.3. The molecule has 1 aliphatic carbocycles. The minimum Gasteiger partial charge on any atom is -0.493 e. The lowest BCUT2D eigenvalue weighted by molar-refractivity contribution is 0.112. The van der Waals surface area contributed by atoms with Crippen molar-refractivity contribution in [3.63, 3.8) is 0 Å². The highest BCUT2D eigenvalue weighted by Gasteiger charge is 2.18. The SMILES string of the molecule is COc1cc(C=O)cc(-c2ccccc2)c1OCC1CCCCC1. The maximum absolute atomic E-state index is 11.3. The predicted molar refractivity (Wildman–Crippen MR) is 95.9 cm³/mol. The molecule has 0 aromatic heterocycles. The molecule has 0 heterocycles. The number of ether oxygens (including phenoxy) is 2. The molecule has 3 heteroatoms. The van der Waals surface area contributed by atoms with Crippen LogP contribution in [0.1, 0.15) is 42.5 Å². The monoisotopic (exact) mass is 324 g/mol. The Balaban J connectivity index is 1.93. The van der Waals surface area contributed by atoms with Crippen molar-refractivity contribution in [2.24, 2.45) is 5.92 Å². The first-order valence-electron chi connectivity index (χ1n) is 8.67. The van der Waals surface area contributed by atoms with Crippen LogP contribution in [-0.4, -0.2) is 20.0 Å². The van der Waals surface area contributed by atoms with E-state index in [1.807, 2.05) is 36.4 Å². The molecule has 0 bridgehead atoms. The zero-order chi connectivity index (χ0) is 16.8. The van der Waals surface area contributed by atoms with Gasteiger partial charge in [0.25, 0.3) is 0 Å². The van der Waals surface area contributed by atoms with Gasteiger partial charge in [-0.1, -0.05) is 49.6 Å². The van der Waals surface area contributed by atoms with Gasteiger partial charge in [0, 0.05) is 11.1 Å². The Kier molecular flexibility index (Phi) is 5.52. The number of carbonyl (C=O) groups is 1. The van der Waals surface area contributed by atoms with Crippen LogP contribution in [0.4, 0.5) is 0 Å². The first-order valence-corrected chi connectivity index (χ1v) is 8.67. The Morgan fingerprint density at radius 2 is 1.83 bits per heavy atom. The summed E-state index contributed by atoms with van der Waals surface area (Å²) < 4.78 is 11.7. The molecule has 0 unspecified atom stereocenters. The second-order valence-corrected chi connectivity index (χ2v) is 6.40. The third kappa shape index (κ3) is 3.78.